The van der Waals surface area contributed by atoms with Crippen molar-refractivity contribution in [2.24, 2.45) is 0 Å². The summed E-state index contributed by atoms with van der Waals surface area (Å²) in [6.07, 6.45) is 7.40. The van der Waals surface area contributed by atoms with E-state index in [1.165, 1.54) is 6.33 Å². The Kier molecular flexibility index (Phi) is 6.25. The summed E-state index contributed by atoms with van der Waals surface area (Å²) >= 11 is 0. The third kappa shape index (κ3) is 4.28. The maximum absolute atomic E-state index is 13.8. The summed E-state index contributed by atoms with van der Waals surface area (Å²) in [5, 5.41) is 3.01. The number of imidazole rings is 1. The number of amides is 3. The molecule has 9 heteroatoms. The zero-order valence-electron chi connectivity index (χ0n) is 20.5. The fourth-order valence-corrected chi connectivity index (χ4v) is 5.35. The molecule has 35 heavy (non-hydrogen) atoms. The molecule has 1 aromatic heterocycles. The van der Waals surface area contributed by atoms with Crippen LogP contribution in [0.5, 0.6) is 5.75 Å². The van der Waals surface area contributed by atoms with E-state index in [1.807, 2.05) is 29.2 Å². The lowest BCUT2D eigenvalue weighted by Gasteiger charge is -2.44. The van der Waals surface area contributed by atoms with Crippen LogP contribution in [-0.4, -0.2) is 68.9 Å². The second-order valence-electron chi connectivity index (χ2n) is 9.95. The first-order chi connectivity index (χ1) is 16.9. The van der Waals surface area contributed by atoms with Gasteiger partial charge in [-0.3, -0.25) is 14.4 Å². The van der Waals surface area contributed by atoms with Crippen LogP contribution >= 0.6 is 0 Å². The van der Waals surface area contributed by atoms with E-state index in [9.17, 15) is 14.4 Å². The third-order valence-corrected chi connectivity index (χ3v) is 7.40. The van der Waals surface area contributed by atoms with Crippen molar-refractivity contribution in [3.8, 4) is 5.75 Å². The summed E-state index contributed by atoms with van der Waals surface area (Å²) in [4.78, 5) is 48.6. The first kappa shape index (κ1) is 23.4. The minimum Gasteiger partial charge on any atom is -0.496 e. The molecule has 1 saturated carbocycles. The minimum atomic E-state index is -1.09. The van der Waals surface area contributed by atoms with Gasteiger partial charge in [0.1, 0.15) is 17.0 Å². The van der Waals surface area contributed by atoms with E-state index in [1.54, 1.807) is 23.5 Å². The number of methoxy groups -OCH3 is 1. The maximum atomic E-state index is 13.8. The number of aromatic nitrogens is 2. The van der Waals surface area contributed by atoms with Gasteiger partial charge in [-0.15, -0.1) is 0 Å². The number of nitrogens with one attached hydrogen (secondary N) is 1. The summed E-state index contributed by atoms with van der Waals surface area (Å²) in [5.41, 5.74) is 0.289. The molecule has 5 rings (SSSR count). The third-order valence-electron chi connectivity index (χ3n) is 7.40. The van der Waals surface area contributed by atoms with Gasteiger partial charge in [-0.25, -0.2) is 4.98 Å². The molecule has 9 nitrogen and oxygen atoms in total. The second kappa shape index (κ2) is 9.36. The number of fused-ring (bicyclic) bond motifs is 1. The quantitative estimate of drug-likeness (QED) is 0.687. The van der Waals surface area contributed by atoms with Crippen LogP contribution in [0, 0.1) is 0 Å². The molecule has 3 heterocycles. The molecular weight excluding hydrogens is 446 g/mol. The molecule has 0 spiro atoms. The lowest BCUT2D eigenvalue weighted by atomic mass is 9.93. The summed E-state index contributed by atoms with van der Waals surface area (Å²) < 4.78 is 7.09. The molecule has 2 fully saturated rings. The molecule has 1 N–H and O–H groups in total. The van der Waals surface area contributed by atoms with E-state index < -0.39 is 5.54 Å². The van der Waals surface area contributed by atoms with Gasteiger partial charge in [0.05, 0.1) is 20.0 Å². The normalized spacial score (nSPS) is 22.4. The number of hydrogen-bond acceptors (Lipinski definition) is 5. The van der Waals surface area contributed by atoms with Crippen LogP contribution in [0.1, 0.15) is 72.0 Å². The number of rotatable bonds is 6. The molecule has 1 unspecified atom stereocenters. The highest BCUT2D eigenvalue weighted by Gasteiger charge is 2.53. The highest BCUT2D eigenvalue weighted by atomic mass is 16.5. The van der Waals surface area contributed by atoms with Crippen LogP contribution in [-0.2, 0) is 17.9 Å². The van der Waals surface area contributed by atoms with E-state index in [2.05, 4.69) is 10.3 Å². The van der Waals surface area contributed by atoms with Crippen LogP contribution in [0.3, 0.4) is 0 Å². The summed E-state index contributed by atoms with van der Waals surface area (Å²) in [5.74, 6) is -0.00739. The topological polar surface area (TPSA) is 96.8 Å². The monoisotopic (exact) mass is 479 g/mol. The number of carbonyl (C=O) groups is 3. The smallest absolute Gasteiger partial charge is 0.274 e. The van der Waals surface area contributed by atoms with E-state index in [-0.39, 0.29) is 36.0 Å². The zero-order chi connectivity index (χ0) is 24.6. The number of nitrogens with zero attached hydrogens (tertiary/aromatic N) is 4. The fraction of sp³-hybridized carbons (Fsp3) is 0.538. The molecule has 0 radical (unpaired) electrons. The lowest BCUT2D eigenvalue weighted by molar-refractivity contribution is -0.133. The lowest BCUT2D eigenvalue weighted by Crippen LogP contribution is -2.64. The molecule has 3 aliphatic rings. The average Bonchev–Trinajstić information content (AvgIpc) is 3.65. The number of ether oxygens (including phenoxy) is 1. The van der Waals surface area contributed by atoms with Crippen LogP contribution in [0.4, 0.5) is 0 Å². The van der Waals surface area contributed by atoms with E-state index in [0.717, 1.165) is 44.1 Å². The molecule has 0 bridgehead atoms. The number of para-hydroxylation sites is 1. The summed E-state index contributed by atoms with van der Waals surface area (Å²) in [6.45, 7) is 3.73. The van der Waals surface area contributed by atoms with Crippen molar-refractivity contribution in [1.29, 1.82) is 0 Å². The fourth-order valence-electron chi connectivity index (χ4n) is 5.35. The summed E-state index contributed by atoms with van der Waals surface area (Å²) in [7, 11) is 1.60. The van der Waals surface area contributed by atoms with Gasteiger partial charge in [-0.1, -0.05) is 31.0 Å². The summed E-state index contributed by atoms with van der Waals surface area (Å²) in [6, 6.07) is 7.53. The Hall–Kier alpha value is -3.36. The first-order valence-electron chi connectivity index (χ1n) is 12.5. The minimum absolute atomic E-state index is 0.00528. The molecule has 3 amide bonds. The predicted molar refractivity (Wildman–Crippen MR) is 129 cm³/mol. The Morgan fingerprint density at radius 2 is 1.86 bits per heavy atom. The van der Waals surface area contributed by atoms with Crippen molar-refractivity contribution in [3.05, 3.63) is 47.5 Å². The number of benzene rings is 1. The van der Waals surface area contributed by atoms with Gasteiger partial charge in [-0.05, 0) is 38.7 Å². The van der Waals surface area contributed by atoms with E-state index in [0.29, 0.717) is 31.1 Å². The maximum Gasteiger partial charge on any atom is 0.274 e. The Morgan fingerprint density at radius 1 is 1.14 bits per heavy atom. The van der Waals surface area contributed by atoms with Gasteiger partial charge in [0, 0.05) is 31.2 Å². The van der Waals surface area contributed by atoms with Crippen LogP contribution in [0.15, 0.2) is 30.6 Å². The van der Waals surface area contributed by atoms with Crippen LogP contribution in [0.25, 0.3) is 0 Å². The molecular formula is C26H33N5O4. The van der Waals surface area contributed by atoms with Crippen molar-refractivity contribution < 1.29 is 19.1 Å². The predicted octanol–water partition coefficient (Wildman–Crippen LogP) is 2.60. The van der Waals surface area contributed by atoms with Crippen molar-refractivity contribution >= 4 is 17.7 Å². The molecule has 2 aliphatic heterocycles. The van der Waals surface area contributed by atoms with Gasteiger partial charge in [0.15, 0.2) is 5.69 Å². The van der Waals surface area contributed by atoms with Gasteiger partial charge >= 0.3 is 0 Å². The van der Waals surface area contributed by atoms with Gasteiger partial charge < -0.3 is 24.4 Å². The average molecular weight is 480 g/mol. The van der Waals surface area contributed by atoms with Gasteiger partial charge in [-0.2, -0.15) is 0 Å². The Balaban J connectivity index is 1.41. The molecule has 1 aliphatic carbocycles. The highest BCUT2D eigenvalue weighted by molar-refractivity contribution is 6.07. The SMILES string of the molecule is COc1ccccc1CNC(=O)C1(C)Cn2cnc(C(=O)N3CCCCCC3)c2C(=O)N1C1CC1. The van der Waals surface area contributed by atoms with E-state index >= 15 is 0 Å². The number of likely N-dealkylation sites (tertiary alicyclic amines) is 1. The second-order valence-corrected chi connectivity index (χ2v) is 9.95. The van der Waals surface area contributed by atoms with Crippen molar-refractivity contribution in [2.75, 3.05) is 20.2 Å². The van der Waals surface area contributed by atoms with Crippen LogP contribution in [0.2, 0.25) is 0 Å². The molecule has 186 valence electrons. The van der Waals surface area contributed by atoms with Gasteiger partial charge in [0.2, 0.25) is 5.91 Å². The number of hydrogen-bond donors (Lipinski definition) is 1. The van der Waals surface area contributed by atoms with Crippen LogP contribution < -0.4 is 10.1 Å². The molecule has 1 aromatic carbocycles. The standard InChI is InChI=1S/C26H33N5O4/c1-26(25(34)27-15-18-9-5-6-10-20(18)35-2)16-30-17-28-21(22(30)24(33)31(26)19-11-12-19)23(32)29-13-7-3-4-8-14-29/h5-6,9-10,17,19H,3-4,7-8,11-16H2,1-2H3,(H,27,34). The molecule has 1 saturated heterocycles. The Bertz CT molecular complexity index is 1130. The highest BCUT2D eigenvalue weighted by Crippen LogP contribution is 2.39. The van der Waals surface area contributed by atoms with Gasteiger partial charge in [0.25, 0.3) is 11.8 Å². The largest absolute Gasteiger partial charge is 0.496 e. The first-order valence-corrected chi connectivity index (χ1v) is 12.5. The van der Waals surface area contributed by atoms with Crippen molar-refractivity contribution in [1.82, 2.24) is 24.7 Å². The Morgan fingerprint density at radius 3 is 2.54 bits per heavy atom. The molecule has 1 atom stereocenters. The molecule has 2 aromatic rings. The Labute approximate surface area is 205 Å². The van der Waals surface area contributed by atoms with E-state index in [4.69, 9.17) is 4.74 Å². The van der Waals surface area contributed by atoms with Crippen molar-refractivity contribution in [3.63, 3.8) is 0 Å². The zero-order valence-corrected chi connectivity index (χ0v) is 20.5. The van der Waals surface area contributed by atoms with Crippen molar-refractivity contribution in [2.45, 2.75) is 70.1 Å². The number of carbonyl (C=O) groups excluding carboxylic acids is 3.